The minimum absolute atomic E-state index is 0.315. The molecule has 0 aliphatic carbocycles. The summed E-state index contributed by atoms with van der Waals surface area (Å²) < 4.78 is 11.9. The van der Waals surface area contributed by atoms with Crippen molar-refractivity contribution in [3.63, 3.8) is 0 Å². The lowest BCUT2D eigenvalue weighted by Gasteiger charge is -2.21. The van der Waals surface area contributed by atoms with Gasteiger partial charge in [0.2, 0.25) is 5.91 Å². The molecule has 1 atom stereocenters. The molecule has 1 heterocycles. The van der Waals surface area contributed by atoms with E-state index in [1.54, 1.807) is 45.2 Å². The fourth-order valence-electron chi connectivity index (χ4n) is 2.75. The van der Waals surface area contributed by atoms with Crippen LogP contribution in [0.5, 0.6) is 11.5 Å². The largest absolute Gasteiger partial charge is 0.497 e. The van der Waals surface area contributed by atoms with Crippen molar-refractivity contribution >= 4 is 11.6 Å². The fourth-order valence-corrected chi connectivity index (χ4v) is 2.75. The molecule has 2 aromatic rings. The Hall–Kier alpha value is -2.83. The summed E-state index contributed by atoms with van der Waals surface area (Å²) in [5, 5.41) is 2.82. The van der Waals surface area contributed by atoms with Crippen LogP contribution in [0.2, 0.25) is 0 Å². The minimum atomic E-state index is -0.670. The zero-order valence-electron chi connectivity index (χ0n) is 15.1. The summed E-state index contributed by atoms with van der Waals surface area (Å²) >= 11 is 0. The Morgan fingerprint density at radius 2 is 1.96 bits per heavy atom. The normalized spacial score (nSPS) is 11.7. The SMILES string of the molecule is CCC(C(=O)Nc1cc(OC)ccc1OC)n1c(C)cc(C)nc1=O. The molecule has 1 unspecified atom stereocenters. The van der Waals surface area contributed by atoms with E-state index in [2.05, 4.69) is 10.3 Å². The van der Waals surface area contributed by atoms with Crippen LogP contribution in [0.3, 0.4) is 0 Å². The van der Waals surface area contributed by atoms with Crippen molar-refractivity contribution in [2.45, 2.75) is 33.2 Å². The maximum Gasteiger partial charge on any atom is 0.348 e. The maximum atomic E-state index is 12.8. The van der Waals surface area contributed by atoms with Gasteiger partial charge < -0.3 is 14.8 Å². The molecular formula is C18H23N3O4. The van der Waals surface area contributed by atoms with Crippen LogP contribution >= 0.6 is 0 Å². The number of anilines is 1. The summed E-state index contributed by atoms with van der Waals surface area (Å²) in [6.45, 7) is 5.39. The van der Waals surface area contributed by atoms with Crippen LogP contribution < -0.4 is 20.5 Å². The van der Waals surface area contributed by atoms with E-state index in [0.717, 1.165) is 0 Å². The van der Waals surface area contributed by atoms with Gasteiger partial charge >= 0.3 is 5.69 Å². The molecule has 1 N–H and O–H groups in total. The number of nitrogens with one attached hydrogen (secondary N) is 1. The Labute approximate surface area is 146 Å². The van der Waals surface area contributed by atoms with Gasteiger partial charge in [0.1, 0.15) is 17.5 Å². The number of hydrogen-bond acceptors (Lipinski definition) is 5. The highest BCUT2D eigenvalue weighted by Gasteiger charge is 2.23. The summed E-state index contributed by atoms with van der Waals surface area (Å²) in [7, 11) is 3.07. The van der Waals surface area contributed by atoms with Gasteiger partial charge in [-0.05, 0) is 38.5 Å². The van der Waals surface area contributed by atoms with Crippen LogP contribution in [0.1, 0.15) is 30.8 Å². The minimum Gasteiger partial charge on any atom is -0.497 e. The Bertz CT molecular complexity index is 830. The molecule has 1 aromatic heterocycles. The number of aromatic nitrogens is 2. The highest BCUT2D eigenvalue weighted by atomic mass is 16.5. The first-order valence-corrected chi connectivity index (χ1v) is 8.01. The molecule has 0 radical (unpaired) electrons. The standard InChI is InChI=1S/C18H23N3O4/c1-6-15(21-12(3)9-11(2)19-18(21)23)17(22)20-14-10-13(24-4)7-8-16(14)25-5/h7-10,15H,6H2,1-5H3,(H,20,22). The van der Waals surface area contributed by atoms with Crippen LogP contribution in [0.15, 0.2) is 29.1 Å². The summed E-state index contributed by atoms with van der Waals surface area (Å²) in [5.74, 6) is 0.787. The molecule has 0 bridgehead atoms. The molecule has 0 saturated heterocycles. The summed E-state index contributed by atoms with van der Waals surface area (Å²) in [4.78, 5) is 29.0. The first kappa shape index (κ1) is 18.5. The van der Waals surface area contributed by atoms with Crippen LogP contribution in [-0.4, -0.2) is 29.7 Å². The molecule has 2 rings (SSSR count). The second-order valence-corrected chi connectivity index (χ2v) is 5.67. The van der Waals surface area contributed by atoms with Crippen molar-refractivity contribution in [2.75, 3.05) is 19.5 Å². The third-order valence-electron chi connectivity index (χ3n) is 3.94. The lowest BCUT2D eigenvalue weighted by Crippen LogP contribution is -2.36. The number of nitrogens with zero attached hydrogens (tertiary/aromatic N) is 2. The molecule has 25 heavy (non-hydrogen) atoms. The smallest absolute Gasteiger partial charge is 0.348 e. The molecule has 134 valence electrons. The van der Waals surface area contributed by atoms with Crippen molar-refractivity contribution in [3.05, 3.63) is 46.1 Å². The topological polar surface area (TPSA) is 82.4 Å². The molecule has 7 nitrogen and oxygen atoms in total. The van der Waals surface area contributed by atoms with Crippen molar-refractivity contribution in [3.8, 4) is 11.5 Å². The molecule has 1 amide bonds. The quantitative estimate of drug-likeness (QED) is 0.870. The average Bonchev–Trinajstić information content (AvgIpc) is 2.57. The van der Waals surface area contributed by atoms with Gasteiger partial charge in [-0.25, -0.2) is 4.79 Å². The van der Waals surface area contributed by atoms with Crippen molar-refractivity contribution < 1.29 is 14.3 Å². The summed E-state index contributed by atoms with van der Waals surface area (Å²) in [6.07, 6.45) is 0.448. The van der Waals surface area contributed by atoms with E-state index in [1.165, 1.54) is 11.7 Å². The van der Waals surface area contributed by atoms with E-state index in [1.807, 2.05) is 6.92 Å². The van der Waals surface area contributed by atoms with Gasteiger partial charge in [0, 0.05) is 17.5 Å². The second kappa shape index (κ2) is 7.83. The van der Waals surface area contributed by atoms with Crippen LogP contribution in [0.25, 0.3) is 0 Å². The lowest BCUT2D eigenvalue weighted by molar-refractivity contribution is -0.119. The van der Waals surface area contributed by atoms with Crippen molar-refractivity contribution in [1.82, 2.24) is 9.55 Å². The predicted molar refractivity (Wildman–Crippen MR) is 95.5 cm³/mol. The van der Waals surface area contributed by atoms with Gasteiger partial charge in [0.05, 0.1) is 19.9 Å². The zero-order valence-corrected chi connectivity index (χ0v) is 15.1. The Morgan fingerprint density at radius 3 is 2.52 bits per heavy atom. The predicted octanol–water partition coefficient (Wildman–Crippen LogP) is 2.47. The van der Waals surface area contributed by atoms with Gasteiger partial charge in [-0.1, -0.05) is 6.92 Å². The van der Waals surface area contributed by atoms with Crippen LogP contribution in [0.4, 0.5) is 5.69 Å². The van der Waals surface area contributed by atoms with Gasteiger partial charge in [-0.3, -0.25) is 9.36 Å². The van der Waals surface area contributed by atoms with Crippen molar-refractivity contribution in [1.29, 1.82) is 0 Å². The third kappa shape index (κ3) is 3.99. The third-order valence-corrected chi connectivity index (χ3v) is 3.94. The maximum absolute atomic E-state index is 12.8. The summed E-state index contributed by atoms with van der Waals surface area (Å²) in [6, 6.07) is 6.23. The second-order valence-electron chi connectivity index (χ2n) is 5.67. The molecule has 0 saturated carbocycles. The van der Waals surface area contributed by atoms with E-state index < -0.39 is 11.7 Å². The Morgan fingerprint density at radius 1 is 1.24 bits per heavy atom. The summed E-state index contributed by atoms with van der Waals surface area (Å²) in [5.41, 5.74) is 1.37. The van der Waals surface area contributed by atoms with E-state index in [9.17, 15) is 9.59 Å². The molecule has 0 aliphatic heterocycles. The van der Waals surface area contributed by atoms with Gasteiger partial charge in [0.25, 0.3) is 0 Å². The molecular weight excluding hydrogens is 322 g/mol. The monoisotopic (exact) mass is 345 g/mol. The molecule has 0 fully saturated rings. The first-order valence-electron chi connectivity index (χ1n) is 8.01. The molecule has 0 aliphatic rings. The highest BCUT2D eigenvalue weighted by molar-refractivity contribution is 5.95. The zero-order chi connectivity index (χ0) is 18.6. The number of benzene rings is 1. The Kier molecular flexibility index (Phi) is 5.80. The molecule has 1 aromatic carbocycles. The van der Waals surface area contributed by atoms with Gasteiger partial charge in [-0.15, -0.1) is 0 Å². The lowest BCUT2D eigenvalue weighted by atomic mass is 10.1. The first-order chi connectivity index (χ1) is 11.9. The van der Waals surface area contributed by atoms with E-state index in [0.29, 0.717) is 35.0 Å². The van der Waals surface area contributed by atoms with Crippen LogP contribution in [0, 0.1) is 13.8 Å². The molecule has 7 heteroatoms. The number of hydrogen-bond donors (Lipinski definition) is 1. The highest BCUT2D eigenvalue weighted by Crippen LogP contribution is 2.29. The van der Waals surface area contributed by atoms with Gasteiger partial charge in [-0.2, -0.15) is 4.98 Å². The van der Waals surface area contributed by atoms with Crippen molar-refractivity contribution in [2.24, 2.45) is 0 Å². The number of methoxy groups -OCH3 is 2. The van der Waals surface area contributed by atoms with Crippen LogP contribution in [-0.2, 0) is 4.79 Å². The van der Waals surface area contributed by atoms with E-state index >= 15 is 0 Å². The average molecular weight is 345 g/mol. The number of aryl methyl sites for hydroxylation is 2. The number of ether oxygens (including phenoxy) is 2. The van der Waals surface area contributed by atoms with E-state index in [-0.39, 0.29) is 5.91 Å². The fraction of sp³-hybridized carbons (Fsp3) is 0.389. The van der Waals surface area contributed by atoms with E-state index in [4.69, 9.17) is 9.47 Å². The Balaban J connectivity index is 2.38. The number of amides is 1. The number of carbonyl (C=O) groups excluding carboxylic acids is 1. The number of carbonyl (C=O) groups is 1. The number of rotatable bonds is 6. The van der Waals surface area contributed by atoms with Gasteiger partial charge in [0.15, 0.2) is 0 Å². The molecule has 0 spiro atoms.